The van der Waals surface area contributed by atoms with Crippen molar-refractivity contribution < 1.29 is 14.6 Å². The van der Waals surface area contributed by atoms with Crippen molar-refractivity contribution in [2.75, 3.05) is 6.61 Å². The Morgan fingerprint density at radius 3 is 2.57 bits per heavy atom. The third-order valence-corrected chi connectivity index (χ3v) is 1.68. The first-order valence-corrected chi connectivity index (χ1v) is 4.36. The maximum atomic E-state index is 11.6. The number of aliphatic hydroxyl groups is 1. The van der Waals surface area contributed by atoms with E-state index in [0.717, 1.165) is 0 Å². The smallest absolute Gasteiger partial charge is 0.230 e. The summed E-state index contributed by atoms with van der Waals surface area (Å²) in [4.78, 5) is 11.6. The van der Waals surface area contributed by atoms with Crippen LogP contribution in [0.3, 0.4) is 0 Å². The fourth-order valence-corrected chi connectivity index (χ4v) is 1.05. The maximum absolute atomic E-state index is 11.6. The maximum Gasteiger partial charge on any atom is 0.230 e. The van der Waals surface area contributed by atoms with Crippen LogP contribution < -0.4 is 0 Å². The molecule has 0 saturated carbocycles. The van der Waals surface area contributed by atoms with Crippen molar-refractivity contribution in [2.24, 2.45) is 0 Å². The van der Waals surface area contributed by atoms with Crippen molar-refractivity contribution >= 4 is 5.78 Å². The van der Waals surface area contributed by atoms with Crippen LogP contribution in [0.15, 0.2) is 42.4 Å². The van der Waals surface area contributed by atoms with E-state index in [1.807, 2.05) is 6.07 Å². The molecule has 0 saturated heterocycles. The summed E-state index contributed by atoms with van der Waals surface area (Å²) in [6.45, 7) is 2.10. The molecule has 0 unspecified atom stereocenters. The number of carbonyl (C=O) groups is 1. The largest absolute Gasteiger partial charge is 0.512 e. The summed E-state index contributed by atoms with van der Waals surface area (Å²) in [7, 11) is 0. The zero-order valence-electron chi connectivity index (χ0n) is 7.93. The molecular weight excluding hydrogens is 180 g/mol. The molecule has 0 spiro atoms. The van der Waals surface area contributed by atoms with Gasteiger partial charge in [0.25, 0.3) is 0 Å². The van der Waals surface area contributed by atoms with Gasteiger partial charge in [-0.25, -0.2) is 0 Å². The first-order chi connectivity index (χ1) is 6.79. The monoisotopic (exact) mass is 192 g/mol. The van der Waals surface area contributed by atoms with Gasteiger partial charge in [-0.3, -0.25) is 4.79 Å². The van der Waals surface area contributed by atoms with E-state index >= 15 is 0 Å². The molecule has 74 valence electrons. The minimum atomic E-state index is -0.310. The first kappa shape index (κ1) is 10.3. The molecular formula is C11H12O3. The first-order valence-electron chi connectivity index (χ1n) is 4.36. The number of hydrogen-bond acceptors (Lipinski definition) is 3. The molecule has 1 aromatic carbocycles. The highest BCUT2D eigenvalue weighted by Gasteiger charge is 2.12. The lowest BCUT2D eigenvalue weighted by Crippen LogP contribution is -2.06. The van der Waals surface area contributed by atoms with E-state index < -0.39 is 0 Å². The number of Topliss-reactive ketones (excluding diaryl/α,β-unsaturated/α-hetero) is 1. The predicted octanol–water partition coefficient (Wildman–Crippen LogP) is 2.31. The van der Waals surface area contributed by atoms with E-state index in [4.69, 9.17) is 9.84 Å². The third kappa shape index (κ3) is 2.36. The molecule has 1 aromatic rings. The summed E-state index contributed by atoms with van der Waals surface area (Å²) in [6, 6.07) is 8.68. The highest BCUT2D eigenvalue weighted by atomic mass is 16.5. The quantitative estimate of drug-likeness (QED) is 0.452. The van der Waals surface area contributed by atoms with Crippen molar-refractivity contribution in [2.45, 2.75) is 6.92 Å². The standard InChI is InChI=1S/C11H12O3/c1-2-14-10(8-12)11(13)9-6-4-3-5-7-9/h3-8,12H,2H2,1H3. The van der Waals surface area contributed by atoms with Crippen LogP contribution in [0.25, 0.3) is 0 Å². The van der Waals surface area contributed by atoms with Gasteiger partial charge < -0.3 is 9.84 Å². The van der Waals surface area contributed by atoms with Crippen LogP contribution in [-0.4, -0.2) is 17.5 Å². The van der Waals surface area contributed by atoms with Gasteiger partial charge in [0.05, 0.1) is 6.61 Å². The van der Waals surface area contributed by atoms with E-state index in [2.05, 4.69) is 0 Å². The van der Waals surface area contributed by atoms with Crippen LogP contribution in [0.5, 0.6) is 0 Å². The van der Waals surface area contributed by atoms with Crippen molar-refractivity contribution in [3.05, 3.63) is 47.9 Å². The SMILES string of the molecule is CCOC(=CO)C(=O)c1ccccc1. The van der Waals surface area contributed by atoms with Gasteiger partial charge >= 0.3 is 0 Å². The number of ether oxygens (including phenoxy) is 1. The highest BCUT2D eigenvalue weighted by molar-refractivity contribution is 6.07. The van der Waals surface area contributed by atoms with Crippen molar-refractivity contribution in [1.82, 2.24) is 0 Å². The van der Waals surface area contributed by atoms with E-state index in [1.165, 1.54) is 0 Å². The fraction of sp³-hybridized carbons (Fsp3) is 0.182. The highest BCUT2D eigenvalue weighted by Crippen LogP contribution is 2.08. The predicted molar refractivity (Wildman–Crippen MR) is 53.1 cm³/mol. The Hall–Kier alpha value is -1.77. The summed E-state index contributed by atoms with van der Waals surface area (Å²) in [5.41, 5.74) is 0.501. The summed E-state index contributed by atoms with van der Waals surface area (Å²) in [5.74, 6) is -0.339. The molecule has 0 bridgehead atoms. The van der Waals surface area contributed by atoms with Crippen LogP contribution in [0, 0.1) is 0 Å². The van der Waals surface area contributed by atoms with Crippen molar-refractivity contribution in [1.29, 1.82) is 0 Å². The second-order valence-corrected chi connectivity index (χ2v) is 2.62. The van der Waals surface area contributed by atoms with E-state index in [1.54, 1.807) is 31.2 Å². The molecule has 3 nitrogen and oxygen atoms in total. The summed E-state index contributed by atoms with van der Waals surface area (Å²) >= 11 is 0. The fourth-order valence-electron chi connectivity index (χ4n) is 1.05. The zero-order valence-corrected chi connectivity index (χ0v) is 7.93. The van der Waals surface area contributed by atoms with Crippen LogP contribution in [-0.2, 0) is 4.74 Å². The van der Waals surface area contributed by atoms with Gasteiger partial charge in [-0.2, -0.15) is 0 Å². The van der Waals surface area contributed by atoms with Gasteiger partial charge in [0.2, 0.25) is 11.5 Å². The minimum Gasteiger partial charge on any atom is -0.512 e. The molecule has 0 fully saturated rings. The van der Waals surface area contributed by atoms with Crippen molar-refractivity contribution in [3.8, 4) is 0 Å². The molecule has 14 heavy (non-hydrogen) atoms. The number of benzene rings is 1. The Balaban J connectivity index is 2.85. The lowest BCUT2D eigenvalue weighted by atomic mass is 10.1. The number of allylic oxidation sites excluding steroid dienone is 1. The van der Waals surface area contributed by atoms with Gasteiger partial charge in [0.15, 0.2) is 0 Å². The number of aliphatic hydroxyl groups excluding tert-OH is 1. The molecule has 1 rings (SSSR count). The Labute approximate surface area is 82.6 Å². The third-order valence-electron chi connectivity index (χ3n) is 1.68. The van der Waals surface area contributed by atoms with Crippen LogP contribution in [0.2, 0.25) is 0 Å². The van der Waals surface area contributed by atoms with Crippen LogP contribution in [0.1, 0.15) is 17.3 Å². The zero-order chi connectivity index (χ0) is 10.4. The number of hydrogen-bond donors (Lipinski definition) is 1. The lowest BCUT2D eigenvalue weighted by molar-refractivity contribution is 0.0915. The molecule has 0 atom stereocenters. The lowest BCUT2D eigenvalue weighted by Gasteiger charge is -2.05. The van der Waals surface area contributed by atoms with Gasteiger partial charge in [-0.05, 0) is 6.92 Å². The topological polar surface area (TPSA) is 46.5 Å². The number of rotatable bonds is 4. The molecule has 3 heteroatoms. The summed E-state index contributed by atoms with van der Waals surface area (Å²) in [6.07, 6.45) is 0.693. The Bertz CT molecular complexity index is 328. The Morgan fingerprint density at radius 1 is 1.43 bits per heavy atom. The molecule has 0 aromatic heterocycles. The Morgan fingerprint density at radius 2 is 2.07 bits per heavy atom. The second-order valence-electron chi connectivity index (χ2n) is 2.62. The van der Waals surface area contributed by atoms with E-state index in [9.17, 15) is 4.79 Å². The molecule has 0 aliphatic heterocycles. The average molecular weight is 192 g/mol. The molecule has 0 amide bonds. The number of ketones is 1. The van der Waals surface area contributed by atoms with Crippen LogP contribution >= 0.6 is 0 Å². The summed E-state index contributed by atoms with van der Waals surface area (Å²) < 4.78 is 4.97. The molecule has 1 N–H and O–H groups in total. The molecule has 0 aliphatic rings. The second kappa shape index (κ2) is 5.07. The van der Waals surface area contributed by atoms with Gasteiger partial charge in [-0.1, -0.05) is 30.3 Å². The summed E-state index contributed by atoms with van der Waals surface area (Å²) in [5, 5.41) is 8.78. The molecule has 0 aliphatic carbocycles. The molecule has 0 heterocycles. The molecule has 0 radical (unpaired) electrons. The van der Waals surface area contributed by atoms with Crippen LogP contribution in [0.4, 0.5) is 0 Å². The van der Waals surface area contributed by atoms with Crippen molar-refractivity contribution in [3.63, 3.8) is 0 Å². The van der Waals surface area contributed by atoms with Gasteiger partial charge in [0.1, 0.15) is 6.26 Å². The average Bonchev–Trinajstić information content (AvgIpc) is 2.26. The number of carbonyl (C=O) groups excluding carboxylic acids is 1. The van der Waals surface area contributed by atoms with E-state index in [-0.39, 0.29) is 11.5 Å². The van der Waals surface area contributed by atoms with E-state index in [0.29, 0.717) is 18.4 Å². The Kier molecular flexibility index (Phi) is 3.73. The van der Waals surface area contributed by atoms with Gasteiger partial charge in [0, 0.05) is 5.56 Å². The normalized spacial score (nSPS) is 11.1. The minimum absolute atomic E-state index is 0.0290. The van der Waals surface area contributed by atoms with Gasteiger partial charge in [-0.15, -0.1) is 0 Å².